The highest BCUT2D eigenvalue weighted by Crippen LogP contribution is 2.42. The molecule has 0 amide bonds. The van der Waals surface area contributed by atoms with E-state index in [0.29, 0.717) is 52.9 Å². The summed E-state index contributed by atoms with van der Waals surface area (Å²) in [6.45, 7) is 7.50. The topological polar surface area (TPSA) is 98.8 Å². The van der Waals surface area contributed by atoms with Gasteiger partial charge in [0.2, 0.25) is 0 Å². The molecular weight excluding hydrogens is 544 g/mol. The maximum Gasteiger partial charge on any atom is 0.337 e. The van der Waals surface area contributed by atoms with Gasteiger partial charge in [-0.2, -0.15) is 0 Å². The molecule has 9 nitrogen and oxygen atoms in total. The van der Waals surface area contributed by atoms with E-state index in [-0.39, 0.29) is 19.2 Å². The number of fused-ring (bicyclic) bond motifs is 1. The molecule has 0 bridgehead atoms. The Hall–Kier alpha value is -3.86. The van der Waals surface area contributed by atoms with E-state index in [9.17, 15) is 9.59 Å². The second-order valence-electron chi connectivity index (χ2n) is 10.4. The molecule has 0 aromatic heterocycles. The van der Waals surface area contributed by atoms with Crippen LogP contribution in [0.25, 0.3) is 0 Å². The summed E-state index contributed by atoms with van der Waals surface area (Å²) in [6.07, 6.45) is -0.662. The molecule has 0 fully saturated rings. The van der Waals surface area contributed by atoms with Gasteiger partial charge in [-0.3, -0.25) is 4.79 Å². The first-order chi connectivity index (χ1) is 19.7. The molecule has 1 aliphatic heterocycles. The molecule has 4 rings (SSSR count). The average Bonchev–Trinajstić information content (AvgIpc) is 2.98. The molecule has 0 spiro atoms. The molecule has 10 heteroatoms. The van der Waals surface area contributed by atoms with E-state index in [1.807, 2.05) is 6.07 Å². The summed E-state index contributed by atoms with van der Waals surface area (Å²) >= 11 is 0. The molecular formula is C31H36O9Si. The predicted octanol–water partition coefficient (Wildman–Crippen LogP) is 5.70. The number of ether oxygens (including phenoxy) is 6. The van der Waals surface area contributed by atoms with E-state index >= 15 is 0 Å². The van der Waals surface area contributed by atoms with Crippen LogP contribution in [0.1, 0.15) is 32.4 Å². The summed E-state index contributed by atoms with van der Waals surface area (Å²) in [5, 5.41) is 0. The van der Waals surface area contributed by atoms with Crippen LogP contribution >= 0.6 is 0 Å². The number of ketones is 1. The molecule has 3 aromatic carbocycles. The van der Waals surface area contributed by atoms with Crippen LogP contribution < -0.4 is 18.9 Å². The van der Waals surface area contributed by atoms with E-state index in [1.54, 1.807) is 67.8 Å². The number of rotatable bonds is 13. The lowest BCUT2D eigenvalue weighted by Crippen LogP contribution is -2.35. The summed E-state index contributed by atoms with van der Waals surface area (Å²) in [6, 6.07) is 19.0. The molecule has 3 aromatic rings. The third-order valence-corrected chi connectivity index (χ3v) is 7.45. The van der Waals surface area contributed by atoms with Gasteiger partial charge in [-0.15, -0.1) is 0 Å². The van der Waals surface area contributed by atoms with Crippen molar-refractivity contribution < 1.29 is 42.4 Å². The second kappa shape index (κ2) is 13.7. The van der Waals surface area contributed by atoms with Gasteiger partial charge in [0.1, 0.15) is 35.7 Å². The van der Waals surface area contributed by atoms with Crippen molar-refractivity contribution in [3.05, 3.63) is 83.4 Å². The Morgan fingerprint density at radius 1 is 0.878 bits per heavy atom. The average molecular weight is 581 g/mol. The van der Waals surface area contributed by atoms with Gasteiger partial charge >= 0.3 is 5.97 Å². The zero-order valence-corrected chi connectivity index (χ0v) is 25.0. The molecule has 1 aliphatic rings. The molecule has 1 heterocycles. The molecule has 218 valence electrons. The maximum absolute atomic E-state index is 13.7. The SMILES string of the molecule is COC(=O)c1ccc(OC2c3ccc(OCOCCO[Si](C)(C)C)cc3OCC2C(=O)c2cccc(OC)c2)cc1. The van der Waals surface area contributed by atoms with Gasteiger partial charge in [0, 0.05) is 17.2 Å². The highest BCUT2D eigenvalue weighted by Gasteiger charge is 2.38. The van der Waals surface area contributed by atoms with Crippen molar-refractivity contribution in [2.75, 3.05) is 40.8 Å². The molecule has 0 aliphatic carbocycles. The van der Waals surface area contributed by atoms with E-state index in [4.69, 9.17) is 32.8 Å². The number of esters is 1. The van der Waals surface area contributed by atoms with Crippen LogP contribution in [0.15, 0.2) is 66.7 Å². The first-order valence-corrected chi connectivity index (χ1v) is 16.7. The molecule has 2 unspecified atom stereocenters. The summed E-state index contributed by atoms with van der Waals surface area (Å²) < 4.78 is 39.6. The minimum Gasteiger partial charge on any atom is -0.497 e. The minimum atomic E-state index is -1.58. The fourth-order valence-corrected chi connectivity index (χ4v) is 5.00. The van der Waals surface area contributed by atoms with Crippen molar-refractivity contribution in [3.8, 4) is 23.0 Å². The standard InChI is InChI=1S/C31H36O9Si/c1-34-24-8-6-7-22(17-24)29(32)27-19-37-28-18-25(38-20-36-15-16-39-41(3,4)5)13-14-26(28)30(27)40-23-11-9-21(10-12-23)31(33)35-2/h6-14,17-18,27,30H,15-16,19-20H2,1-5H3. The van der Waals surface area contributed by atoms with Crippen molar-refractivity contribution in [2.45, 2.75) is 25.7 Å². The Balaban J connectivity index is 1.53. The Labute approximate surface area is 241 Å². The largest absolute Gasteiger partial charge is 0.497 e. The fourth-order valence-electron chi connectivity index (χ4n) is 4.31. The third-order valence-electron chi connectivity index (χ3n) is 6.38. The van der Waals surface area contributed by atoms with E-state index in [0.717, 1.165) is 0 Å². The van der Waals surface area contributed by atoms with Crippen LogP contribution in [0.2, 0.25) is 19.6 Å². The molecule has 0 saturated heterocycles. The first-order valence-electron chi connectivity index (χ1n) is 13.3. The smallest absolute Gasteiger partial charge is 0.337 e. The van der Waals surface area contributed by atoms with Gasteiger partial charge in [0.05, 0.1) is 38.9 Å². The number of hydrogen-bond acceptors (Lipinski definition) is 9. The minimum absolute atomic E-state index is 0.0667. The van der Waals surface area contributed by atoms with Gasteiger partial charge in [-0.1, -0.05) is 12.1 Å². The molecule has 0 saturated carbocycles. The number of methoxy groups -OCH3 is 2. The van der Waals surface area contributed by atoms with Crippen LogP contribution in [0.3, 0.4) is 0 Å². The normalized spacial score (nSPS) is 16.2. The second-order valence-corrected chi connectivity index (χ2v) is 14.9. The lowest BCUT2D eigenvalue weighted by Gasteiger charge is -2.33. The number of Topliss-reactive ketones (excluding diaryl/α,β-unsaturated/α-hetero) is 1. The number of benzene rings is 3. The quantitative estimate of drug-likeness (QED) is 0.0829. The monoisotopic (exact) mass is 580 g/mol. The van der Waals surface area contributed by atoms with Crippen LogP contribution in [0, 0.1) is 5.92 Å². The van der Waals surface area contributed by atoms with Gasteiger partial charge < -0.3 is 32.8 Å². The van der Waals surface area contributed by atoms with Gasteiger partial charge in [-0.05, 0) is 68.2 Å². The van der Waals surface area contributed by atoms with E-state index in [2.05, 4.69) is 19.6 Å². The molecule has 0 N–H and O–H groups in total. The highest BCUT2D eigenvalue weighted by atomic mass is 28.4. The van der Waals surface area contributed by atoms with E-state index < -0.39 is 26.3 Å². The number of carbonyl (C=O) groups excluding carboxylic acids is 2. The maximum atomic E-state index is 13.7. The van der Waals surface area contributed by atoms with Gasteiger partial charge in [0.15, 0.2) is 20.9 Å². The van der Waals surface area contributed by atoms with Gasteiger partial charge in [-0.25, -0.2) is 4.79 Å². The number of carbonyl (C=O) groups is 2. The fraction of sp³-hybridized carbons (Fsp3) is 0.355. The zero-order chi connectivity index (χ0) is 29.4. The van der Waals surface area contributed by atoms with Crippen molar-refractivity contribution in [1.29, 1.82) is 0 Å². The van der Waals surface area contributed by atoms with Crippen LogP contribution in [-0.2, 0) is 13.9 Å². The van der Waals surface area contributed by atoms with Crippen molar-refractivity contribution >= 4 is 20.1 Å². The van der Waals surface area contributed by atoms with Gasteiger partial charge in [0.25, 0.3) is 0 Å². The highest BCUT2D eigenvalue weighted by molar-refractivity contribution is 6.69. The number of hydrogen-bond donors (Lipinski definition) is 0. The van der Waals surface area contributed by atoms with Crippen LogP contribution in [0.4, 0.5) is 0 Å². The predicted molar refractivity (Wildman–Crippen MR) is 155 cm³/mol. The Morgan fingerprint density at radius 2 is 1.63 bits per heavy atom. The summed E-state index contributed by atoms with van der Waals surface area (Å²) in [5.41, 5.74) is 1.59. The van der Waals surface area contributed by atoms with E-state index in [1.165, 1.54) is 7.11 Å². The molecule has 0 radical (unpaired) electrons. The Bertz CT molecular complexity index is 1330. The third kappa shape index (κ3) is 8.09. The lowest BCUT2D eigenvalue weighted by molar-refractivity contribution is 0.00114. The van der Waals surface area contributed by atoms with Crippen molar-refractivity contribution in [3.63, 3.8) is 0 Å². The summed E-state index contributed by atoms with van der Waals surface area (Å²) in [5.74, 6) is 0.965. The van der Waals surface area contributed by atoms with Crippen molar-refractivity contribution in [1.82, 2.24) is 0 Å². The Kier molecular flexibility index (Phi) is 10.0. The summed E-state index contributed by atoms with van der Waals surface area (Å²) in [4.78, 5) is 25.6. The van der Waals surface area contributed by atoms with Crippen LogP contribution in [0.5, 0.6) is 23.0 Å². The first kappa shape index (κ1) is 30.1. The lowest BCUT2D eigenvalue weighted by atomic mass is 9.86. The summed E-state index contributed by atoms with van der Waals surface area (Å²) in [7, 11) is 1.30. The van der Waals surface area contributed by atoms with Crippen LogP contribution in [-0.4, -0.2) is 60.9 Å². The zero-order valence-electron chi connectivity index (χ0n) is 24.0. The van der Waals surface area contributed by atoms with Crippen molar-refractivity contribution in [2.24, 2.45) is 5.92 Å². The molecule has 41 heavy (non-hydrogen) atoms. The molecule has 2 atom stereocenters. The Morgan fingerprint density at radius 3 is 2.34 bits per heavy atom.